The molecule has 0 aliphatic rings. The number of amides is 1. The van der Waals surface area contributed by atoms with Crippen molar-refractivity contribution >= 4 is 55.6 Å². The van der Waals surface area contributed by atoms with Crippen LogP contribution in [0.15, 0.2) is 15.0 Å². The number of halogens is 3. The number of hydrogen-bond donors (Lipinski definition) is 1. The molecule has 76 valence electrons. The monoisotopic (exact) mass is 341 g/mol. The minimum atomic E-state index is 0.482. The molecule has 0 spiro atoms. The Bertz CT molecular complexity index is 371. The second-order valence-corrected chi connectivity index (χ2v) is 4.35. The smallest absolute Gasteiger partial charge is 0.211 e. The van der Waals surface area contributed by atoms with Gasteiger partial charge in [-0.15, -0.1) is 0 Å². The highest BCUT2D eigenvalue weighted by molar-refractivity contribution is 9.11. The first-order valence-corrected chi connectivity index (χ1v) is 5.50. The number of rotatable bonds is 3. The Balaban J connectivity index is 3.36. The second-order valence-electron chi connectivity index (χ2n) is 2.33. The van der Waals surface area contributed by atoms with Gasteiger partial charge in [-0.25, -0.2) is 0 Å². The molecule has 3 nitrogen and oxygen atoms in total. The summed E-state index contributed by atoms with van der Waals surface area (Å²) in [5, 5.41) is 2.99. The van der Waals surface area contributed by atoms with Crippen LogP contribution in [0.25, 0.3) is 0 Å². The molecule has 0 aliphatic carbocycles. The van der Waals surface area contributed by atoms with E-state index in [9.17, 15) is 4.79 Å². The van der Waals surface area contributed by atoms with E-state index in [-0.39, 0.29) is 0 Å². The number of anilines is 1. The molecule has 1 aromatic carbocycles. The van der Waals surface area contributed by atoms with Crippen molar-refractivity contribution in [2.24, 2.45) is 0 Å². The summed E-state index contributed by atoms with van der Waals surface area (Å²) in [5.41, 5.74) is 0.510. The van der Waals surface area contributed by atoms with Gasteiger partial charge >= 0.3 is 0 Å². The van der Waals surface area contributed by atoms with Gasteiger partial charge in [0.2, 0.25) is 6.41 Å². The minimum absolute atomic E-state index is 0.482. The zero-order valence-corrected chi connectivity index (χ0v) is 11.0. The second kappa shape index (κ2) is 5.00. The predicted octanol–water partition coefficient (Wildman–Crippen LogP) is 3.44. The summed E-state index contributed by atoms with van der Waals surface area (Å²) in [6, 6.07) is 1.68. The summed E-state index contributed by atoms with van der Waals surface area (Å²) in [4.78, 5) is 10.3. The van der Waals surface area contributed by atoms with Gasteiger partial charge in [0.05, 0.1) is 22.3 Å². The standard InChI is InChI=1S/C8H6Br2ClNO2/c1-14-5-2-4(9)7(11)6(10)8(5)12-3-13/h2-3H,1H3,(H,12,13). The topological polar surface area (TPSA) is 38.3 Å². The normalized spacial score (nSPS) is 9.71. The Hall–Kier alpha value is -0.260. The molecule has 0 bridgehead atoms. The van der Waals surface area contributed by atoms with Gasteiger partial charge < -0.3 is 10.1 Å². The summed E-state index contributed by atoms with van der Waals surface area (Å²) < 4.78 is 6.35. The van der Waals surface area contributed by atoms with Gasteiger partial charge in [-0.3, -0.25) is 4.79 Å². The Morgan fingerprint density at radius 2 is 2.21 bits per heavy atom. The van der Waals surface area contributed by atoms with Gasteiger partial charge in [0, 0.05) is 4.47 Å². The highest BCUT2D eigenvalue weighted by Crippen LogP contribution is 2.42. The van der Waals surface area contributed by atoms with E-state index < -0.39 is 0 Å². The number of hydrogen-bond acceptors (Lipinski definition) is 2. The van der Waals surface area contributed by atoms with Gasteiger partial charge in [0.1, 0.15) is 5.75 Å². The summed E-state index contributed by atoms with van der Waals surface area (Å²) >= 11 is 12.5. The van der Waals surface area contributed by atoms with Gasteiger partial charge in [-0.05, 0) is 37.9 Å². The lowest BCUT2D eigenvalue weighted by molar-refractivity contribution is -0.105. The van der Waals surface area contributed by atoms with Crippen molar-refractivity contribution in [2.45, 2.75) is 0 Å². The van der Waals surface area contributed by atoms with Crippen molar-refractivity contribution in [1.29, 1.82) is 0 Å². The molecule has 0 unspecified atom stereocenters. The molecular formula is C8H6Br2ClNO2. The van der Waals surface area contributed by atoms with Crippen molar-refractivity contribution in [3.63, 3.8) is 0 Å². The predicted molar refractivity (Wildman–Crippen MR) is 63.1 cm³/mol. The van der Waals surface area contributed by atoms with E-state index in [0.29, 0.717) is 31.8 Å². The summed E-state index contributed by atoms with van der Waals surface area (Å²) in [6.45, 7) is 0. The molecule has 1 aromatic rings. The van der Waals surface area contributed by atoms with Crippen LogP contribution in [-0.2, 0) is 4.79 Å². The molecule has 0 atom stereocenters. The van der Waals surface area contributed by atoms with Gasteiger partial charge in [0.25, 0.3) is 0 Å². The molecule has 1 rings (SSSR count). The molecule has 0 aromatic heterocycles. The fraction of sp³-hybridized carbons (Fsp3) is 0.125. The van der Waals surface area contributed by atoms with E-state index in [4.69, 9.17) is 16.3 Å². The van der Waals surface area contributed by atoms with Crippen LogP contribution in [0.1, 0.15) is 0 Å². The molecule has 0 saturated heterocycles. The molecule has 1 N–H and O–H groups in total. The zero-order chi connectivity index (χ0) is 10.7. The van der Waals surface area contributed by atoms with Crippen LogP contribution in [-0.4, -0.2) is 13.5 Å². The van der Waals surface area contributed by atoms with E-state index in [1.54, 1.807) is 6.07 Å². The molecular weight excluding hydrogens is 337 g/mol. The first kappa shape index (κ1) is 11.8. The molecule has 0 saturated carbocycles. The maximum Gasteiger partial charge on any atom is 0.211 e. The first-order valence-electron chi connectivity index (χ1n) is 3.53. The molecule has 0 heterocycles. The summed E-state index contributed by atoms with van der Waals surface area (Å²) in [6.07, 6.45) is 0.562. The Labute approximate surface area is 103 Å². The van der Waals surface area contributed by atoms with Crippen LogP contribution in [0.3, 0.4) is 0 Å². The third kappa shape index (κ3) is 2.21. The lowest BCUT2D eigenvalue weighted by Crippen LogP contribution is -1.99. The first-order chi connectivity index (χ1) is 6.61. The maximum absolute atomic E-state index is 10.3. The average molecular weight is 343 g/mol. The quantitative estimate of drug-likeness (QED) is 0.674. The third-order valence-corrected chi connectivity index (χ3v) is 3.82. The maximum atomic E-state index is 10.3. The average Bonchev–Trinajstić information content (AvgIpc) is 2.19. The lowest BCUT2D eigenvalue weighted by Gasteiger charge is -2.11. The fourth-order valence-electron chi connectivity index (χ4n) is 0.928. The number of ether oxygens (including phenoxy) is 1. The zero-order valence-electron chi connectivity index (χ0n) is 7.11. The Morgan fingerprint density at radius 3 is 2.71 bits per heavy atom. The van der Waals surface area contributed by atoms with Crippen molar-refractivity contribution < 1.29 is 9.53 Å². The number of nitrogens with one attached hydrogen (secondary N) is 1. The van der Waals surface area contributed by atoms with E-state index >= 15 is 0 Å². The molecule has 14 heavy (non-hydrogen) atoms. The van der Waals surface area contributed by atoms with E-state index in [1.807, 2.05) is 0 Å². The molecule has 6 heteroatoms. The van der Waals surface area contributed by atoms with Gasteiger partial charge in [-0.2, -0.15) is 0 Å². The third-order valence-electron chi connectivity index (χ3n) is 1.55. The number of benzene rings is 1. The summed E-state index contributed by atoms with van der Waals surface area (Å²) in [5.74, 6) is 0.528. The highest BCUT2D eigenvalue weighted by atomic mass is 79.9. The van der Waals surface area contributed by atoms with Crippen molar-refractivity contribution in [2.75, 3.05) is 12.4 Å². The van der Waals surface area contributed by atoms with E-state index in [1.165, 1.54) is 7.11 Å². The van der Waals surface area contributed by atoms with Crippen LogP contribution in [0.4, 0.5) is 5.69 Å². The van der Waals surface area contributed by atoms with Crippen molar-refractivity contribution in [3.8, 4) is 5.75 Å². The largest absolute Gasteiger partial charge is 0.494 e. The van der Waals surface area contributed by atoms with Crippen LogP contribution in [0.5, 0.6) is 5.75 Å². The fourth-order valence-corrected chi connectivity index (χ4v) is 2.27. The molecule has 0 aliphatic heterocycles. The van der Waals surface area contributed by atoms with E-state index in [0.717, 1.165) is 0 Å². The van der Waals surface area contributed by atoms with Gasteiger partial charge in [-0.1, -0.05) is 11.6 Å². The number of carbonyl (C=O) groups excluding carboxylic acids is 1. The van der Waals surface area contributed by atoms with Crippen molar-refractivity contribution in [1.82, 2.24) is 0 Å². The minimum Gasteiger partial charge on any atom is -0.494 e. The molecule has 0 fully saturated rings. The van der Waals surface area contributed by atoms with Gasteiger partial charge in [0.15, 0.2) is 0 Å². The van der Waals surface area contributed by atoms with Crippen LogP contribution >= 0.6 is 43.5 Å². The Kier molecular flexibility index (Phi) is 4.22. The van der Waals surface area contributed by atoms with Crippen molar-refractivity contribution in [3.05, 3.63) is 20.0 Å². The lowest BCUT2D eigenvalue weighted by atomic mass is 10.3. The Morgan fingerprint density at radius 1 is 1.57 bits per heavy atom. The molecule has 1 amide bonds. The molecule has 0 radical (unpaired) electrons. The number of methoxy groups -OCH3 is 1. The van der Waals surface area contributed by atoms with Crippen LogP contribution in [0, 0.1) is 0 Å². The SMILES string of the molecule is COc1cc(Br)c(Cl)c(Br)c1NC=O. The van der Waals surface area contributed by atoms with Crippen LogP contribution in [0.2, 0.25) is 5.02 Å². The number of carbonyl (C=O) groups is 1. The van der Waals surface area contributed by atoms with E-state index in [2.05, 4.69) is 37.2 Å². The highest BCUT2D eigenvalue weighted by Gasteiger charge is 2.13. The van der Waals surface area contributed by atoms with Crippen LogP contribution < -0.4 is 10.1 Å². The summed E-state index contributed by atoms with van der Waals surface area (Å²) in [7, 11) is 1.51.